The Morgan fingerprint density at radius 3 is 2.96 bits per heavy atom. The number of aryl methyl sites for hydroxylation is 2. The van der Waals surface area contributed by atoms with Crippen LogP contribution in [0.25, 0.3) is 27.8 Å². The van der Waals surface area contributed by atoms with Crippen LogP contribution < -0.4 is 4.57 Å². The van der Waals surface area contributed by atoms with Gasteiger partial charge in [0.05, 0.1) is 11.3 Å². The summed E-state index contributed by atoms with van der Waals surface area (Å²) in [5, 5.41) is 1.16. The Morgan fingerprint density at radius 1 is 1.20 bits per heavy atom. The molecule has 3 heteroatoms. The van der Waals surface area contributed by atoms with Crippen molar-refractivity contribution in [1.29, 1.82) is 0 Å². The van der Waals surface area contributed by atoms with Crippen molar-refractivity contribution in [3.8, 4) is 16.9 Å². The van der Waals surface area contributed by atoms with Gasteiger partial charge in [-0.15, -0.1) is 0 Å². The van der Waals surface area contributed by atoms with Gasteiger partial charge < -0.3 is 4.57 Å². The van der Waals surface area contributed by atoms with Crippen LogP contribution in [0.1, 0.15) is 26.6 Å². The molecule has 0 saturated carbocycles. The second-order valence-electron chi connectivity index (χ2n) is 6.65. The van der Waals surface area contributed by atoms with Crippen LogP contribution in [0.15, 0.2) is 54.9 Å². The van der Waals surface area contributed by atoms with E-state index in [4.69, 9.17) is 4.11 Å². The molecule has 5 rings (SSSR count). The van der Waals surface area contributed by atoms with Crippen LogP contribution in [0.3, 0.4) is 0 Å². The van der Waals surface area contributed by atoms with Crippen LogP contribution in [0.2, 0.25) is 0 Å². The van der Waals surface area contributed by atoms with Crippen molar-refractivity contribution in [3.05, 3.63) is 77.4 Å². The maximum absolute atomic E-state index is 8.07. The zero-order valence-electron chi connectivity index (χ0n) is 17.2. The number of imidazole rings is 1. The number of hydrogen-bond acceptors (Lipinski definition) is 1. The molecule has 4 aromatic rings. The number of para-hydroxylation sites is 1. The molecule has 0 radical (unpaired) electrons. The minimum Gasteiger partial charge on any atom is -0.303 e. The Bertz CT molecular complexity index is 1250. The van der Waals surface area contributed by atoms with E-state index < -0.39 is 6.85 Å². The van der Waals surface area contributed by atoms with Gasteiger partial charge in [0.15, 0.2) is 0 Å². The van der Waals surface area contributed by atoms with Gasteiger partial charge in [-0.2, -0.15) is 4.57 Å². The topological polar surface area (TPSA) is 21.7 Å². The van der Waals surface area contributed by atoms with E-state index >= 15 is 0 Å². The van der Waals surface area contributed by atoms with E-state index in [-0.39, 0.29) is 0 Å². The second kappa shape index (κ2) is 5.03. The molecule has 1 aliphatic rings. The lowest BCUT2D eigenvalue weighted by molar-refractivity contribution is -0.633. The SMILES string of the molecule is [2H]C([2H])([2H])c1cc2c(c(-c3ccc4ccccc4[n+]3C)c1C)Cc1nccn1-2. The summed E-state index contributed by atoms with van der Waals surface area (Å²) in [5.74, 6) is 0.946. The van der Waals surface area contributed by atoms with Gasteiger partial charge in [0.2, 0.25) is 11.2 Å². The molecule has 3 heterocycles. The van der Waals surface area contributed by atoms with Gasteiger partial charge in [0, 0.05) is 40.4 Å². The normalized spacial score (nSPS) is 14.7. The quantitative estimate of drug-likeness (QED) is 0.425. The molecule has 1 aliphatic heterocycles. The highest BCUT2D eigenvalue weighted by Gasteiger charge is 2.28. The zero-order valence-corrected chi connectivity index (χ0v) is 14.2. The Balaban J connectivity index is 1.88. The third-order valence-electron chi connectivity index (χ3n) is 5.32. The summed E-state index contributed by atoms with van der Waals surface area (Å²) < 4.78 is 28.4. The average molecular weight is 329 g/mol. The lowest BCUT2D eigenvalue weighted by Gasteiger charge is -2.14. The standard InChI is InChI=1S/C22H20N3/c1-14-12-20-17(13-21-23-10-11-25(20)21)22(15(14)2)19-9-8-16-6-4-5-7-18(16)24(19)3/h4-12H,13H2,1-3H3/q+1/i1D3. The van der Waals surface area contributed by atoms with E-state index in [2.05, 4.69) is 33.8 Å². The van der Waals surface area contributed by atoms with E-state index in [1.54, 1.807) is 6.20 Å². The molecule has 2 aromatic heterocycles. The van der Waals surface area contributed by atoms with Gasteiger partial charge in [-0.05, 0) is 48.7 Å². The highest BCUT2D eigenvalue weighted by Crippen LogP contribution is 2.38. The maximum Gasteiger partial charge on any atom is 0.213 e. The molecular formula is C22H20N3+. The molecule has 0 bridgehead atoms. The summed E-state index contributed by atoms with van der Waals surface area (Å²) in [6, 6.07) is 14.2. The molecule has 25 heavy (non-hydrogen) atoms. The Labute approximate surface area is 151 Å². The predicted molar refractivity (Wildman–Crippen MR) is 100.0 cm³/mol. The highest BCUT2D eigenvalue weighted by molar-refractivity contribution is 5.80. The van der Waals surface area contributed by atoms with Crippen LogP contribution in [0.5, 0.6) is 0 Å². The molecule has 0 spiro atoms. The Hall–Kier alpha value is -2.94. The van der Waals surface area contributed by atoms with Crippen molar-refractivity contribution in [2.75, 3.05) is 0 Å². The minimum absolute atomic E-state index is 0.399. The first-order valence-electron chi connectivity index (χ1n) is 9.94. The van der Waals surface area contributed by atoms with E-state index in [9.17, 15) is 0 Å². The molecule has 0 amide bonds. The number of rotatable bonds is 1. The lowest BCUT2D eigenvalue weighted by Crippen LogP contribution is -2.32. The molecule has 2 aromatic carbocycles. The second-order valence-corrected chi connectivity index (χ2v) is 6.65. The Morgan fingerprint density at radius 2 is 2.08 bits per heavy atom. The Kier molecular flexibility index (Phi) is 2.33. The fraction of sp³-hybridized carbons (Fsp3) is 0.182. The summed E-state index contributed by atoms with van der Waals surface area (Å²) >= 11 is 0. The van der Waals surface area contributed by atoms with Gasteiger partial charge in [-0.25, -0.2) is 4.98 Å². The number of aromatic nitrogens is 3. The first-order valence-corrected chi connectivity index (χ1v) is 8.44. The van der Waals surface area contributed by atoms with E-state index in [0.717, 1.165) is 44.8 Å². The molecule has 122 valence electrons. The van der Waals surface area contributed by atoms with Crippen molar-refractivity contribution in [1.82, 2.24) is 9.55 Å². The largest absolute Gasteiger partial charge is 0.303 e. The van der Waals surface area contributed by atoms with Crippen molar-refractivity contribution < 1.29 is 8.68 Å². The van der Waals surface area contributed by atoms with Crippen LogP contribution in [0.4, 0.5) is 0 Å². The molecule has 0 saturated heterocycles. The van der Waals surface area contributed by atoms with Crippen LogP contribution >= 0.6 is 0 Å². The number of hydrogen-bond donors (Lipinski definition) is 0. The van der Waals surface area contributed by atoms with Crippen molar-refractivity contribution >= 4 is 10.9 Å². The molecule has 0 N–H and O–H groups in total. The first-order chi connectivity index (χ1) is 13.4. The van der Waals surface area contributed by atoms with Gasteiger partial charge in [-0.1, -0.05) is 12.1 Å². The number of benzene rings is 2. The summed E-state index contributed by atoms with van der Waals surface area (Å²) in [6.45, 7) is -0.250. The van der Waals surface area contributed by atoms with Crippen LogP contribution in [0, 0.1) is 13.8 Å². The highest BCUT2D eigenvalue weighted by atomic mass is 15.1. The summed E-state index contributed by atoms with van der Waals surface area (Å²) in [5.41, 5.74) is 6.41. The third-order valence-corrected chi connectivity index (χ3v) is 5.32. The van der Waals surface area contributed by atoms with Gasteiger partial charge >= 0.3 is 0 Å². The molecule has 0 unspecified atom stereocenters. The van der Waals surface area contributed by atoms with E-state index in [1.807, 2.05) is 42.9 Å². The van der Waals surface area contributed by atoms with Crippen LogP contribution in [-0.4, -0.2) is 9.55 Å². The fourth-order valence-electron chi connectivity index (χ4n) is 4.00. The molecule has 0 fully saturated rings. The van der Waals surface area contributed by atoms with Crippen LogP contribution in [-0.2, 0) is 13.5 Å². The molecular weight excluding hydrogens is 306 g/mol. The van der Waals surface area contributed by atoms with E-state index in [0.29, 0.717) is 12.0 Å². The zero-order chi connectivity index (χ0) is 19.6. The molecule has 0 atom stereocenters. The first kappa shape index (κ1) is 11.6. The summed E-state index contributed by atoms with van der Waals surface area (Å²) in [4.78, 5) is 4.46. The summed E-state index contributed by atoms with van der Waals surface area (Å²) in [6.07, 6.45) is 4.37. The molecule has 3 nitrogen and oxygen atoms in total. The van der Waals surface area contributed by atoms with Gasteiger partial charge in [0.25, 0.3) is 0 Å². The number of nitrogens with zero attached hydrogens (tertiary/aromatic N) is 3. The monoisotopic (exact) mass is 329 g/mol. The fourth-order valence-corrected chi connectivity index (χ4v) is 4.00. The van der Waals surface area contributed by atoms with Crippen molar-refractivity contribution in [3.63, 3.8) is 0 Å². The molecule has 0 aliphatic carbocycles. The minimum atomic E-state index is -2.17. The third kappa shape index (κ3) is 1.92. The summed E-state index contributed by atoms with van der Waals surface area (Å²) in [7, 11) is 2.04. The van der Waals surface area contributed by atoms with E-state index in [1.165, 1.54) is 0 Å². The van der Waals surface area contributed by atoms with Crippen molar-refractivity contribution in [2.45, 2.75) is 20.2 Å². The smallest absolute Gasteiger partial charge is 0.213 e. The van der Waals surface area contributed by atoms with Gasteiger partial charge in [-0.3, -0.25) is 0 Å². The number of pyridine rings is 1. The maximum atomic E-state index is 8.07. The van der Waals surface area contributed by atoms with Gasteiger partial charge in [0.1, 0.15) is 12.9 Å². The number of fused-ring (bicyclic) bond motifs is 4. The van der Waals surface area contributed by atoms with Crippen molar-refractivity contribution in [2.24, 2.45) is 7.05 Å². The lowest BCUT2D eigenvalue weighted by atomic mass is 9.92. The predicted octanol–water partition coefficient (Wildman–Crippen LogP) is 4.04. The average Bonchev–Trinajstić information content (AvgIpc) is 3.23.